The van der Waals surface area contributed by atoms with Crippen molar-refractivity contribution in [1.29, 1.82) is 0 Å². The van der Waals surface area contributed by atoms with Crippen molar-refractivity contribution in [1.82, 2.24) is 14.5 Å². The van der Waals surface area contributed by atoms with E-state index in [4.69, 9.17) is 9.97 Å². The molecule has 2 aliphatic rings. The van der Waals surface area contributed by atoms with Gasteiger partial charge in [-0.2, -0.15) is 0 Å². The third-order valence-electron chi connectivity index (χ3n) is 12.3. The summed E-state index contributed by atoms with van der Waals surface area (Å²) in [5, 5.41) is 2.65. The van der Waals surface area contributed by atoms with Crippen LogP contribution in [0.5, 0.6) is 0 Å². The Morgan fingerprint density at radius 1 is 0.455 bits per heavy atom. The van der Waals surface area contributed by atoms with Gasteiger partial charge < -0.3 is 4.57 Å². The fraction of sp³-hybridized carbons (Fsp3) is 0.115. The van der Waals surface area contributed by atoms with Crippen LogP contribution in [0, 0.1) is 0 Å². The van der Waals surface area contributed by atoms with E-state index >= 15 is 0 Å². The van der Waals surface area contributed by atoms with E-state index < -0.39 is 0 Å². The summed E-state index contributed by atoms with van der Waals surface area (Å²) in [6.45, 7) is 9.68. The van der Waals surface area contributed by atoms with Crippen molar-refractivity contribution >= 4 is 21.8 Å². The summed E-state index contributed by atoms with van der Waals surface area (Å²) < 4.78 is 2.54. The second kappa shape index (κ2) is 11.5. The zero-order valence-electron chi connectivity index (χ0n) is 31.4. The number of hydrogen-bond acceptors (Lipinski definition) is 2. The summed E-state index contributed by atoms with van der Waals surface area (Å²) in [4.78, 5) is 10.3. The second-order valence-corrected chi connectivity index (χ2v) is 16.2. The van der Waals surface area contributed by atoms with Crippen molar-refractivity contribution in [2.75, 3.05) is 0 Å². The minimum atomic E-state index is -0.216. The van der Waals surface area contributed by atoms with Crippen LogP contribution in [0.15, 0.2) is 164 Å². The molecule has 2 aliphatic carbocycles. The fourth-order valence-corrected chi connectivity index (χ4v) is 9.87. The van der Waals surface area contributed by atoms with Crippen LogP contribution in [-0.2, 0) is 10.8 Å². The number of hydrogen-bond donors (Lipinski definition) is 0. The molecule has 2 aromatic heterocycles. The van der Waals surface area contributed by atoms with Gasteiger partial charge in [-0.3, -0.25) is 0 Å². The molecule has 0 saturated carbocycles. The first-order valence-corrected chi connectivity index (χ1v) is 19.3. The van der Waals surface area contributed by atoms with Gasteiger partial charge >= 0.3 is 0 Å². The molecule has 7 aromatic carbocycles. The molecule has 2 heterocycles. The quantitative estimate of drug-likeness (QED) is 0.182. The average molecular weight is 706 g/mol. The number of nitrogens with zero attached hydrogens (tertiary/aromatic N) is 3. The van der Waals surface area contributed by atoms with E-state index in [1.807, 2.05) is 12.1 Å². The predicted molar refractivity (Wildman–Crippen MR) is 228 cm³/mol. The van der Waals surface area contributed by atoms with Crippen LogP contribution in [0.1, 0.15) is 49.9 Å². The van der Waals surface area contributed by atoms with E-state index in [1.165, 1.54) is 66.3 Å². The van der Waals surface area contributed by atoms with E-state index in [1.54, 1.807) is 0 Å². The summed E-state index contributed by atoms with van der Waals surface area (Å²) in [6.07, 6.45) is 0. The molecule has 0 fully saturated rings. The maximum Gasteiger partial charge on any atom is 0.160 e. The Bertz CT molecular complexity index is 2950. The van der Waals surface area contributed by atoms with E-state index in [2.05, 4.69) is 184 Å². The summed E-state index contributed by atoms with van der Waals surface area (Å²) in [5.41, 5.74) is 19.3. The van der Waals surface area contributed by atoms with Crippen molar-refractivity contribution in [3.63, 3.8) is 0 Å². The molecular formula is C52H39N3. The van der Waals surface area contributed by atoms with Gasteiger partial charge in [-0.25, -0.2) is 9.97 Å². The van der Waals surface area contributed by atoms with Crippen LogP contribution in [0.3, 0.4) is 0 Å². The van der Waals surface area contributed by atoms with Crippen molar-refractivity contribution < 1.29 is 0 Å². The topological polar surface area (TPSA) is 30.7 Å². The minimum Gasteiger partial charge on any atom is -0.309 e. The molecule has 0 unspecified atom stereocenters. The molecule has 3 nitrogen and oxygen atoms in total. The highest BCUT2D eigenvalue weighted by molar-refractivity contribution is 6.20. The Kier molecular flexibility index (Phi) is 6.65. The van der Waals surface area contributed by atoms with Gasteiger partial charge in [0.1, 0.15) is 0 Å². The average Bonchev–Trinajstić information content (AvgIpc) is 3.78. The minimum absolute atomic E-state index is 0.183. The lowest BCUT2D eigenvalue weighted by atomic mass is 9.76. The van der Waals surface area contributed by atoms with Crippen LogP contribution in [-0.4, -0.2) is 14.5 Å². The molecule has 262 valence electrons. The number of benzene rings is 7. The smallest absolute Gasteiger partial charge is 0.160 e. The maximum atomic E-state index is 5.14. The van der Waals surface area contributed by atoms with Gasteiger partial charge in [-0.1, -0.05) is 155 Å². The van der Waals surface area contributed by atoms with Crippen LogP contribution >= 0.6 is 0 Å². The Morgan fingerprint density at radius 2 is 0.945 bits per heavy atom. The van der Waals surface area contributed by atoms with Crippen LogP contribution < -0.4 is 0 Å². The lowest BCUT2D eigenvalue weighted by Gasteiger charge is -2.27. The molecule has 55 heavy (non-hydrogen) atoms. The molecule has 0 spiro atoms. The molecule has 0 saturated heterocycles. The zero-order chi connectivity index (χ0) is 37.1. The van der Waals surface area contributed by atoms with Gasteiger partial charge in [0.2, 0.25) is 0 Å². The van der Waals surface area contributed by atoms with Gasteiger partial charge in [0.15, 0.2) is 5.82 Å². The number of aromatic nitrogens is 3. The second-order valence-electron chi connectivity index (χ2n) is 16.2. The Morgan fingerprint density at radius 3 is 1.55 bits per heavy atom. The van der Waals surface area contributed by atoms with E-state index in [0.29, 0.717) is 5.82 Å². The summed E-state index contributed by atoms with van der Waals surface area (Å²) in [7, 11) is 0. The first-order valence-electron chi connectivity index (χ1n) is 19.3. The molecule has 0 amide bonds. The van der Waals surface area contributed by atoms with Gasteiger partial charge in [0.25, 0.3) is 0 Å². The third-order valence-corrected chi connectivity index (χ3v) is 12.3. The third kappa shape index (κ3) is 4.44. The van der Waals surface area contributed by atoms with Crippen molar-refractivity contribution in [3.8, 4) is 61.8 Å². The number of para-hydroxylation sites is 1. The Hall–Kier alpha value is -6.58. The van der Waals surface area contributed by atoms with Gasteiger partial charge in [-0.05, 0) is 80.9 Å². The van der Waals surface area contributed by atoms with E-state index in [9.17, 15) is 0 Å². The monoisotopic (exact) mass is 705 g/mol. The highest BCUT2D eigenvalue weighted by atomic mass is 15.0. The van der Waals surface area contributed by atoms with Gasteiger partial charge in [-0.15, -0.1) is 0 Å². The zero-order valence-corrected chi connectivity index (χ0v) is 31.4. The predicted octanol–water partition coefficient (Wildman–Crippen LogP) is 13.2. The van der Waals surface area contributed by atoms with Crippen molar-refractivity contribution in [2.45, 2.75) is 38.5 Å². The standard InChI is InChI=1S/C52H39N3/c1-51(2)39-24-14-11-21-36(39)44-45-37-22-12-15-25-40(37)52(3,4)48(45)49-46(47(44)51)38-23-13-16-26-43(38)55(49)35-29-27-34(28-30-35)50-53-41(32-17-7-5-8-18-32)31-42(54-50)33-19-9-6-10-20-33/h5-31H,1-4H3. The molecule has 0 N–H and O–H groups in total. The molecular weight excluding hydrogens is 667 g/mol. The highest BCUT2D eigenvalue weighted by Crippen LogP contribution is 2.63. The van der Waals surface area contributed by atoms with Gasteiger partial charge in [0.05, 0.1) is 22.4 Å². The highest BCUT2D eigenvalue weighted by Gasteiger charge is 2.47. The number of fused-ring (bicyclic) bond motifs is 12. The Balaban J connectivity index is 1.18. The largest absolute Gasteiger partial charge is 0.309 e. The summed E-state index contributed by atoms with van der Waals surface area (Å²) in [5.74, 6) is 0.712. The molecule has 9 aromatic rings. The Labute approximate surface area is 321 Å². The summed E-state index contributed by atoms with van der Waals surface area (Å²) >= 11 is 0. The number of rotatable bonds is 4. The van der Waals surface area contributed by atoms with Crippen molar-refractivity contribution in [3.05, 3.63) is 186 Å². The normalized spacial score (nSPS) is 14.5. The molecule has 0 aliphatic heterocycles. The first kappa shape index (κ1) is 31.9. The molecule has 0 atom stereocenters. The lowest BCUT2D eigenvalue weighted by Crippen LogP contribution is -2.19. The molecule has 3 heteroatoms. The molecule has 11 rings (SSSR count). The molecule has 0 bridgehead atoms. The van der Waals surface area contributed by atoms with Gasteiger partial charge in [0, 0.05) is 44.0 Å². The first-order chi connectivity index (χ1) is 26.8. The molecule has 0 radical (unpaired) electrons. The van der Waals surface area contributed by atoms with E-state index in [-0.39, 0.29) is 10.8 Å². The van der Waals surface area contributed by atoms with Crippen LogP contribution in [0.25, 0.3) is 83.6 Å². The fourth-order valence-electron chi connectivity index (χ4n) is 9.87. The lowest BCUT2D eigenvalue weighted by molar-refractivity contribution is 0.658. The van der Waals surface area contributed by atoms with Crippen LogP contribution in [0.4, 0.5) is 0 Å². The van der Waals surface area contributed by atoms with Crippen LogP contribution in [0.2, 0.25) is 0 Å². The maximum absolute atomic E-state index is 5.14. The SMILES string of the molecule is CC1(C)c2ccccc2-c2c3c(c4c(c21)c1ccccc1n4-c1ccc(-c2nc(-c4ccccc4)cc(-c4ccccc4)n2)cc1)C(C)(C)c1ccccc1-3. The van der Waals surface area contributed by atoms with Crippen molar-refractivity contribution in [2.24, 2.45) is 0 Å². The van der Waals surface area contributed by atoms with E-state index in [0.717, 1.165) is 33.8 Å². The summed E-state index contributed by atoms with van der Waals surface area (Å²) in [6, 6.07) is 59.0.